The summed E-state index contributed by atoms with van der Waals surface area (Å²) in [6.07, 6.45) is 1.17. The summed E-state index contributed by atoms with van der Waals surface area (Å²) in [5.41, 5.74) is 1.77. The van der Waals surface area contributed by atoms with E-state index in [2.05, 4.69) is 10.0 Å². The summed E-state index contributed by atoms with van der Waals surface area (Å²) in [6.45, 7) is 2.04. The zero-order valence-corrected chi connectivity index (χ0v) is 10.7. The Morgan fingerprint density at radius 1 is 1.35 bits per heavy atom. The number of carbonyl (C=O) groups is 1. The Kier molecular flexibility index (Phi) is 4.65. The van der Waals surface area contributed by atoms with Crippen molar-refractivity contribution < 1.29 is 13.2 Å². The third-order valence-electron chi connectivity index (χ3n) is 2.02. The van der Waals surface area contributed by atoms with Crippen LogP contribution in [0.1, 0.15) is 12.0 Å². The fraction of sp³-hybridized carbons (Fsp3) is 0.364. The largest absolute Gasteiger partial charge is 0.326 e. The molecular formula is C11H16N2O3S. The highest BCUT2D eigenvalue weighted by atomic mass is 32.2. The van der Waals surface area contributed by atoms with Gasteiger partial charge in [-0.05, 0) is 24.6 Å². The Bertz CT molecular complexity index is 497. The van der Waals surface area contributed by atoms with Crippen molar-refractivity contribution in [3.63, 3.8) is 0 Å². The van der Waals surface area contributed by atoms with E-state index in [4.69, 9.17) is 0 Å². The number of hydrogen-bond acceptors (Lipinski definition) is 3. The monoisotopic (exact) mass is 256 g/mol. The SMILES string of the molecule is Cc1cccc(NC(=O)CCNS(C)(=O)=O)c1. The molecule has 1 rings (SSSR count). The van der Waals surface area contributed by atoms with Crippen molar-refractivity contribution in [1.29, 1.82) is 0 Å². The molecule has 0 fully saturated rings. The van der Waals surface area contributed by atoms with Gasteiger partial charge in [-0.3, -0.25) is 4.79 Å². The summed E-state index contributed by atoms with van der Waals surface area (Å²) in [7, 11) is -3.23. The second kappa shape index (κ2) is 5.79. The van der Waals surface area contributed by atoms with Gasteiger partial charge in [0.25, 0.3) is 0 Å². The molecule has 0 aliphatic carbocycles. The molecule has 0 atom stereocenters. The van der Waals surface area contributed by atoms with Gasteiger partial charge < -0.3 is 5.32 Å². The second-order valence-electron chi connectivity index (χ2n) is 3.83. The van der Waals surface area contributed by atoms with Crippen LogP contribution >= 0.6 is 0 Å². The maximum atomic E-state index is 11.5. The van der Waals surface area contributed by atoms with Crippen molar-refractivity contribution in [2.45, 2.75) is 13.3 Å². The smallest absolute Gasteiger partial charge is 0.225 e. The van der Waals surface area contributed by atoms with Crippen LogP contribution in [-0.2, 0) is 14.8 Å². The van der Waals surface area contributed by atoms with Crippen molar-refractivity contribution in [3.8, 4) is 0 Å². The molecule has 0 unspecified atom stereocenters. The molecule has 0 aliphatic rings. The number of benzene rings is 1. The van der Waals surface area contributed by atoms with Gasteiger partial charge >= 0.3 is 0 Å². The Morgan fingerprint density at radius 2 is 2.06 bits per heavy atom. The third-order valence-corrected chi connectivity index (χ3v) is 2.75. The third kappa shape index (κ3) is 6.03. The fourth-order valence-corrected chi connectivity index (χ4v) is 1.77. The van der Waals surface area contributed by atoms with E-state index in [1.165, 1.54) is 0 Å². The molecule has 0 aliphatic heterocycles. The molecule has 0 spiro atoms. The highest BCUT2D eigenvalue weighted by Crippen LogP contribution is 2.09. The molecule has 1 aromatic rings. The Hall–Kier alpha value is -1.40. The molecule has 17 heavy (non-hydrogen) atoms. The maximum Gasteiger partial charge on any atom is 0.225 e. The second-order valence-corrected chi connectivity index (χ2v) is 5.67. The predicted molar refractivity (Wildman–Crippen MR) is 67.3 cm³/mol. The number of nitrogens with one attached hydrogen (secondary N) is 2. The molecule has 0 saturated heterocycles. The molecule has 94 valence electrons. The number of sulfonamides is 1. The molecule has 0 radical (unpaired) electrons. The van der Waals surface area contributed by atoms with E-state index in [-0.39, 0.29) is 18.9 Å². The normalized spacial score (nSPS) is 11.2. The summed E-state index contributed by atoms with van der Waals surface area (Å²) >= 11 is 0. The van der Waals surface area contributed by atoms with E-state index in [1.54, 1.807) is 6.07 Å². The van der Waals surface area contributed by atoms with Gasteiger partial charge in [0.15, 0.2) is 0 Å². The van der Waals surface area contributed by atoms with E-state index < -0.39 is 10.0 Å². The minimum Gasteiger partial charge on any atom is -0.326 e. The summed E-state index contributed by atoms with van der Waals surface area (Å²) in [4.78, 5) is 11.5. The minimum absolute atomic E-state index is 0.108. The topological polar surface area (TPSA) is 75.3 Å². The Balaban J connectivity index is 2.40. The van der Waals surface area contributed by atoms with E-state index in [0.29, 0.717) is 5.69 Å². The van der Waals surface area contributed by atoms with Gasteiger partial charge in [-0.25, -0.2) is 13.1 Å². The van der Waals surface area contributed by atoms with Crippen LogP contribution < -0.4 is 10.0 Å². The molecule has 0 heterocycles. The lowest BCUT2D eigenvalue weighted by atomic mass is 10.2. The van der Waals surface area contributed by atoms with Crippen molar-refractivity contribution >= 4 is 21.6 Å². The molecule has 0 saturated carbocycles. The summed E-state index contributed by atoms with van der Waals surface area (Å²) in [5.74, 6) is -0.216. The first-order valence-electron chi connectivity index (χ1n) is 5.18. The molecular weight excluding hydrogens is 240 g/mol. The molecule has 6 heteroatoms. The number of carbonyl (C=O) groups excluding carboxylic acids is 1. The van der Waals surface area contributed by atoms with Gasteiger partial charge in [-0.2, -0.15) is 0 Å². The van der Waals surface area contributed by atoms with Crippen LogP contribution in [0.4, 0.5) is 5.69 Å². The van der Waals surface area contributed by atoms with Crippen LogP contribution in [0.2, 0.25) is 0 Å². The zero-order valence-electron chi connectivity index (χ0n) is 9.86. The van der Waals surface area contributed by atoms with Gasteiger partial charge in [0.1, 0.15) is 0 Å². The first-order valence-corrected chi connectivity index (χ1v) is 7.07. The van der Waals surface area contributed by atoms with Gasteiger partial charge in [-0.1, -0.05) is 12.1 Å². The van der Waals surface area contributed by atoms with E-state index in [0.717, 1.165) is 11.8 Å². The molecule has 1 amide bonds. The van der Waals surface area contributed by atoms with Gasteiger partial charge in [0.2, 0.25) is 15.9 Å². The number of aryl methyl sites for hydroxylation is 1. The average molecular weight is 256 g/mol. The minimum atomic E-state index is -3.23. The lowest BCUT2D eigenvalue weighted by molar-refractivity contribution is -0.116. The number of rotatable bonds is 5. The van der Waals surface area contributed by atoms with E-state index >= 15 is 0 Å². The van der Waals surface area contributed by atoms with Gasteiger partial charge in [0.05, 0.1) is 6.26 Å². The highest BCUT2D eigenvalue weighted by Gasteiger charge is 2.05. The maximum absolute atomic E-state index is 11.5. The van der Waals surface area contributed by atoms with Crippen LogP contribution in [0.15, 0.2) is 24.3 Å². The Morgan fingerprint density at radius 3 is 2.65 bits per heavy atom. The molecule has 2 N–H and O–H groups in total. The standard InChI is InChI=1S/C11H16N2O3S/c1-9-4-3-5-10(8-9)13-11(14)6-7-12-17(2,15)16/h3-5,8,12H,6-7H2,1-2H3,(H,13,14). The lowest BCUT2D eigenvalue weighted by Crippen LogP contribution is -2.26. The summed E-state index contributed by atoms with van der Waals surface area (Å²) < 4.78 is 23.8. The fourth-order valence-electron chi connectivity index (χ4n) is 1.30. The van der Waals surface area contributed by atoms with Gasteiger partial charge in [-0.15, -0.1) is 0 Å². The first-order chi connectivity index (χ1) is 7.87. The van der Waals surface area contributed by atoms with Crippen LogP contribution in [0, 0.1) is 6.92 Å². The lowest BCUT2D eigenvalue weighted by Gasteiger charge is -2.06. The zero-order chi connectivity index (χ0) is 12.9. The number of amides is 1. The number of hydrogen-bond donors (Lipinski definition) is 2. The van der Waals surface area contributed by atoms with Crippen molar-refractivity contribution in [3.05, 3.63) is 29.8 Å². The van der Waals surface area contributed by atoms with Crippen LogP contribution in [0.5, 0.6) is 0 Å². The quantitative estimate of drug-likeness (QED) is 0.821. The Labute approximate surface area is 101 Å². The summed E-state index contributed by atoms with van der Waals surface area (Å²) in [5, 5.41) is 2.70. The average Bonchev–Trinajstić information content (AvgIpc) is 2.15. The molecule has 0 aromatic heterocycles. The highest BCUT2D eigenvalue weighted by molar-refractivity contribution is 7.88. The summed E-state index contributed by atoms with van der Waals surface area (Å²) in [6, 6.07) is 7.41. The molecule has 1 aromatic carbocycles. The van der Waals surface area contributed by atoms with Crippen LogP contribution in [-0.4, -0.2) is 27.1 Å². The molecule has 5 nitrogen and oxygen atoms in total. The first kappa shape index (κ1) is 13.7. The van der Waals surface area contributed by atoms with Crippen molar-refractivity contribution in [2.24, 2.45) is 0 Å². The van der Waals surface area contributed by atoms with Crippen LogP contribution in [0.25, 0.3) is 0 Å². The predicted octanol–water partition coefficient (Wildman–Crippen LogP) is 0.873. The van der Waals surface area contributed by atoms with Crippen LogP contribution in [0.3, 0.4) is 0 Å². The van der Waals surface area contributed by atoms with Crippen molar-refractivity contribution in [2.75, 3.05) is 18.1 Å². The van der Waals surface area contributed by atoms with E-state index in [1.807, 2.05) is 25.1 Å². The van der Waals surface area contributed by atoms with Crippen molar-refractivity contribution in [1.82, 2.24) is 4.72 Å². The molecule has 0 bridgehead atoms. The number of anilines is 1. The van der Waals surface area contributed by atoms with E-state index in [9.17, 15) is 13.2 Å². The van der Waals surface area contributed by atoms with Gasteiger partial charge in [0, 0.05) is 18.7 Å².